The minimum absolute atomic E-state index is 0.689. The van der Waals surface area contributed by atoms with Crippen molar-refractivity contribution in [2.45, 2.75) is 58.3 Å². The van der Waals surface area contributed by atoms with Crippen molar-refractivity contribution in [2.75, 3.05) is 6.61 Å². The summed E-state index contributed by atoms with van der Waals surface area (Å²) in [5, 5.41) is 8.85. The molecule has 2 heteroatoms. The summed E-state index contributed by atoms with van der Waals surface area (Å²) in [4.78, 5) is 0. The van der Waals surface area contributed by atoms with Gasteiger partial charge >= 0.3 is 0 Å². The molecule has 0 N–H and O–H groups in total. The van der Waals surface area contributed by atoms with E-state index in [0.29, 0.717) is 5.56 Å². The largest absolute Gasteiger partial charge is 0.494 e. The molecule has 0 atom stereocenters. The van der Waals surface area contributed by atoms with Gasteiger partial charge in [-0.25, -0.2) is 0 Å². The Morgan fingerprint density at radius 1 is 0.720 bits per heavy atom. The van der Waals surface area contributed by atoms with Crippen LogP contribution < -0.4 is 4.74 Å². The molecule has 25 heavy (non-hydrogen) atoms. The van der Waals surface area contributed by atoms with Crippen LogP contribution in [0.1, 0.15) is 63.9 Å². The van der Waals surface area contributed by atoms with Crippen molar-refractivity contribution < 1.29 is 4.74 Å². The molecule has 0 aliphatic heterocycles. The molecule has 0 saturated carbocycles. The maximum Gasteiger partial charge on any atom is 0.119 e. The smallest absolute Gasteiger partial charge is 0.119 e. The normalized spacial score (nSPS) is 10.4. The molecule has 0 bridgehead atoms. The van der Waals surface area contributed by atoms with E-state index in [1.807, 2.05) is 36.4 Å². The van der Waals surface area contributed by atoms with Crippen molar-refractivity contribution in [1.82, 2.24) is 0 Å². The molecule has 2 nitrogen and oxygen atoms in total. The van der Waals surface area contributed by atoms with Crippen LogP contribution in [0.25, 0.3) is 11.1 Å². The Hall–Kier alpha value is -2.27. The summed E-state index contributed by atoms with van der Waals surface area (Å²) >= 11 is 0. The van der Waals surface area contributed by atoms with Crippen LogP contribution in [0.2, 0.25) is 0 Å². The van der Waals surface area contributed by atoms with Crippen molar-refractivity contribution in [3.63, 3.8) is 0 Å². The summed E-state index contributed by atoms with van der Waals surface area (Å²) in [6.07, 6.45) is 10.5. The molecule has 0 aliphatic rings. The molecule has 0 aliphatic carbocycles. The van der Waals surface area contributed by atoms with E-state index in [9.17, 15) is 0 Å². The minimum Gasteiger partial charge on any atom is -0.494 e. The number of nitriles is 1. The highest BCUT2D eigenvalue weighted by Crippen LogP contribution is 2.23. The number of ether oxygens (including phenoxy) is 1. The molecule has 2 aromatic rings. The van der Waals surface area contributed by atoms with Crippen LogP contribution in [0.4, 0.5) is 0 Å². The van der Waals surface area contributed by atoms with Gasteiger partial charge in [0.15, 0.2) is 0 Å². The van der Waals surface area contributed by atoms with Gasteiger partial charge in [0.05, 0.1) is 18.2 Å². The summed E-state index contributed by atoms with van der Waals surface area (Å²) in [6.45, 7) is 3.05. The van der Waals surface area contributed by atoms with Crippen molar-refractivity contribution in [3.8, 4) is 22.9 Å². The topological polar surface area (TPSA) is 33.0 Å². The van der Waals surface area contributed by atoms with Gasteiger partial charge in [0.1, 0.15) is 5.75 Å². The van der Waals surface area contributed by atoms with Gasteiger partial charge in [0.2, 0.25) is 0 Å². The first-order valence-electron chi connectivity index (χ1n) is 9.57. The molecule has 2 aromatic carbocycles. The molecule has 0 aromatic heterocycles. The lowest BCUT2D eigenvalue weighted by atomic mass is 10.0. The van der Waals surface area contributed by atoms with Gasteiger partial charge in [-0.3, -0.25) is 0 Å². The van der Waals surface area contributed by atoms with Gasteiger partial charge < -0.3 is 4.74 Å². The van der Waals surface area contributed by atoms with Crippen LogP contribution >= 0.6 is 0 Å². The van der Waals surface area contributed by atoms with E-state index < -0.39 is 0 Å². The lowest BCUT2D eigenvalue weighted by Crippen LogP contribution is -1.97. The number of unbranched alkanes of at least 4 members (excludes halogenated alkanes) is 7. The van der Waals surface area contributed by atoms with E-state index >= 15 is 0 Å². The van der Waals surface area contributed by atoms with E-state index in [-0.39, 0.29) is 0 Å². The lowest BCUT2D eigenvalue weighted by molar-refractivity contribution is 0.304. The van der Waals surface area contributed by atoms with Gasteiger partial charge in [-0.05, 0) is 41.8 Å². The predicted octanol–water partition coefficient (Wildman–Crippen LogP) is 6.74. The second-order valence-corrected chi connectivity index (χ2v) is 6.54. The van der Waals surface area contributed by atoms with Gasteiger partial charge in [0, 0.05) is 0 Å². The number of rotatable bonds is 11. The average Bonchev–Trinajstić information content (AvgIpc) is 2.67. The average molecular weight is 335 g/mol. The monoisotopic (exact) mass is 335 g/mol. The van der Waals surface area contributed by atoms with Gasteiger partial charge in [-0.15, -0.1) is 0 Å². The maximum absolute atomic E-state index is 8.85. The van der Waals surface area contributed by atoms with Crippen molar-refractivity contribution in [3.05, 3.63) is 54.1 Å². The Kier molecular flexibility index (Phi) is 8.63. The minimum atomic E-state index is 0.689. The number of benzene rings is 2. The molecule has 0 unspecified atom stereocenters. The molecule has 0 amide bonds. The number of nitrogens with zero attached hydrogens (tertiary/aromatic N) is 1. The first-order chi connectivity index (χ1) is 12.3. The Morgan fingerprint density at radius 3 is 1.80 bits per heavy atom. The summed E-state index contributed by atoms with van der Waals surface area (Å²) in [7, 11) is 0. The quantitative estimate of drug-likeness (QED) is 0.426. The first kappa shape index (κ1) is 19.1. The van der Waals surface area contributed by atoms with Crippen molar-refractivity contribution in [1.29, 1.82) is 5.26 Å². The first-order valence-corrected chi connectivity index (χ1v) is 9.57. The zero-order valence-electron chi connectivity index (χ0n) is 15.3. The van der Waals surface area contributed by atoms with Crippen LogP contribution in [0.5, 0.6) is 5.75 Å². The Morgan fingerprint density at radius 2 is 1.24 bits per heavy atom. The Bertz CT molecular complexity index is 637. The fourth-order valence-electron chi connectivity index (χ4n) is 2.91. The number of hydrogen-bond donors (Lipinski definition) is 0. The molecule has 0 spiro atoms. The molecule has 0 heterocycles. The molecule has 132 valence electrons. The molecule has 0 fully saturated rings. The molecular weight excluding hydrogens is 306 g/mol. The molecule has 0 radical (unpaired) electrons. The fraction of sp³-hybridized carbons (Fsp3) is 0.435. The van der Waals surface area contributed by atoms with E-state index in [2.05, 4.69) is 25.1 Å². The third kappa shape index (κ3) is 7.01. The van der Waals surface area contributed by atoms with E-state index in [1.165, 1.54) is 44.9 Å². The SMILES string of the molecule is CCCCCCCCCCOc1ccc(-c2ccc(C#N)cc2)cc1. The third-order valence-corrected chi connectivity index (χ3v) is 4.47. The zero-order valence-corrected chi connectivity index (χ0v) is 15.3. The van der Waals surface area contributed by atoms with Crippen LogP contribution in [-0.2, 0) is 0 Å². The fourth-order valence-corrected chi connectivity index (χ4v) is 2.91. The summed E-state index contributed by atoms with van der Waals surface area (Å²) in [5.74, 6) is 0.931. The van der Waals surface area contributed by atoms with E-state index in [1.54, 1.807) is 0 Å². The van der Waals surface area contributed by atoms with Crippen LogP contribution in [-0.4, -0.2) is 6.61 Å². The standard InChI is InChI=1S/C23H29NO/c1-2-3-4-5-6-7-8-9-18-25-23-16-14-22(15-17-23)21-12-10-20(19-24)11-13-21/h10-17H,2-9,18H2,1H3. The highest BCUT2D eigenvalue weighted by atomic mass is 16.5. The summed E-state index contributed by atoms with van der Waals surface area (Å²) in [5.41, 5.74) is 2.95. The summed E-state index contributed by atoms with van der Waals surface area (Å²) < 4.78 is 5.84. The zero-order chi connectivity index (χ0) is 17.7. The van der Waals surface area contributed by atoms with Gasteiger partial charge in [-0.1, -0.05) is 76.1 Å². The summed E-state index contributed by atoms with van der Waals surface area (Å²) in [6, 6.07) is 18.0. The lowest BCUT2D eigenvalue weighted by Gasteiger charge is -2.08. The van der Waals surface area contributed by atoms with Gasteiger partial charge in [-0.2, -0.15) is 5.26 Å². The second-order valence-electron chi connectivity index (χ2n) is 6.54. The highest BCUT2D eigenvalue weighted by Gasteiger charge is 2.00. The van der Waals surface area contributed by atoms with Crippen LogP contribution in [0, 0.1) is 11.3 Å². The molecule has 2 rings (SSSR count). The van der Waals surface area contributed by atoms with E-state index in [4.69, 9.17) is 10.00 Å². The second kappa shape index (κ2) is 11.3. The Labute approximate surface area is 152 Å². The maximum atomic E-state index is 8.85. The van der Waals surface area contributed by atoms with Gasteiger partial charge in [0.25, 0.3) is 0 Å². The molecular formula is C23H29NO. The van der Waals surface area contributed by atoms with E-state index in [0.717, 1.165) is 29.9 Å². The predicted molar refractivity (Wildman–Crippen MR) is 105 cm³/mol. The van der Waals surface area contributed by atoms with Crippen LogP contribution in [0.15, 0.2) is 48.5 Å². The van der Waals surface area contributed by atoms with Crippen molar-refractivity contribution >= 4 is 0 Å². The Balaban J connectivity index is 1.66. The van der Waals surface area contributed by atoms with Crippen LogP contribution in [0.3, 0.4) is 0 Å². The third-order valence-electron chi connectivity index (χ3n) is 4.47. The number of hydrogen-bond acceptors (Lipinski definition) is 2. The highest BCUT2D eigenvalue weighted by molar-refractivity contribution is 5.64. The van der Waals surface area contributed by atoms with Crippen molar-refractivity contribution in [2.24, 2.45) is 0 Å². The molecule has 0 saturated heterocycles.